The van der Waals surface area contributed by atoms with Crippen LogP contribution >= 0.6 is 0 Å². The van der Waals surface area contributed by atoms with Crippen LogP contribution in [-0.2, 0) is 6.42 Å². The Morgan fingerprint density at radius 1 is 1.20 bits per heavy atom. The summed E-state index contributed by atoms with van der Waals surface area (Å²) < 4.78 is 33.9. The molecule has 0 fully saturated rings. The van der Waals surface area contributed by atoms with E-state index in [0.717, 1.165) is 5.56 Å². The van der Waals surface area contributed by atoms with Crippen molar-refractivity contribution in [1.29, 1.82) is 0 Å². The maximum atomic E-state index is 12.6. The minimum Gasteiger partial charge on any atom is -0.395 e. The first-order valence-corrected chi connectivity index (χ1v) is 5.00. The lowest BCUT2D eigenvalue weighted by atomic mass is 10.1. The predicted molar refractivity (Wildman–Crippen MR) is 53.4 cm³/mol. The third-order valence-electron chi connectivity index (χ3n) is 1.89. The van der Waals surface area contributed by atoms with E-state index in [-0.39, 0.29) is 11.5 Å². The molecule has 2 rings (SSSR count). The van der Waals surface area contributed by atoms with Gasteiger partial charge in [-0.2, -0.15) is 0 Å². The van der Waals surface area contributed by atoms with Crippen molar-refractivity contribution in [3.8, 4) is 11.5 Å². The Morgan fingerprint density at radius 3 is 2.47 bits per heavy atom. The number of hydrogen-bond acceptors (Lipinski definition) is 2. The van der Waals surface area contributed by atoms with Crippen molar-refractivity contribution in [1.82, 2.24) is 0 Å². The summed E-state index contributed by atoms with van der Waals surface area (Å²) in [5.41, 5.74) is 0.731. The zero-order valence-electron chi connectivity index (χ0n) is 9.01. The van der Waals surface area contributed by atoms with Gasteiger partial charge < -0.3 is 9.47 Å². The Morgan fingerprint density at radius 2 is 1.87 bits per heavy atom. The van der Waals surface area contributed by atoms with E-state index in [0.29, 0.717) is 6.42 Å². The van der Waals surface area contributed by atoms with Gasteiger partial charge in [0, 0.05) is 0 Å². The molecule has 0 unspecified atom stereocenters. The van der Waals surface area contributed by atoms with E-state index < -0.39 is 6.29 Å². The van der Waals surface area contributed by atoms with Gasteiger partial charge in [0.25, 0.3) is 0 Å². The van der Waals surface area contributed by atoms with Crippen LogP contribution < -0.4 is 9.47 Å². The molecule has 0 radical (unpaired) electrons. The Kier molecular flexibility index (Phi) is 3.50. The standard InChI is InChI=1S/C9H8F2O2.C2H6/c1-2-6-4-3-5-7-8(6)13-9(10,11)12-7;1-2/h3-5H,2H2,1H3;1-2H3. The molecule has 1 aliphatic heterocycles. The highest BCUT2D eigenvalue weighted by atomic mass is 19.3. The quantitative estimate of drug-likeness (QED) is 0.714. The molecule has 1 heterocycles. The van der Waals surface area contributed by atoms with Crippen LogP contribution in [0.4, 0.5) is 8.78 Å². The van der Waals surface area contributed by atoms with Crippen LogP contribution in [0.2, 0.25) is 0 Å². The Balaban J connectivity index is 0.000000531. The van der Waals surface area contributed by atoms with E-state index in [4.69, 9.17) is 0 Å². The molecule has 1 aliphatic rings. The molecule has 84 valence electrons. The maximum absolute atomic E-state index is 12.6. The molecule has 0 amide bonds. The highest BCUT2D eigenvalue weighted by Gasteiger charge is 2.44. The van der Waals surface area contributed by atoms with E-state index in [1.54, 1.807) is 12.1 Å². The summed E-state index contributed by atoms with van der Waals surface area (Å²) in [5.74, 6) is 0.277. The lowest BCUT2D eigenvalue weighted by Gasteiger charge is -2.05. The number of hydrogen-bond donors (Lipinski definition) is 0. The fourth-order valence-electron chi connectivity index (χ4n) is 1.30. The lowest BCUT2D eigenvalue weighted by Crippen LogP contribution is -2.26. The molecule has 0 spiro atoms. The number of fused-ring (bicyclic) bond motifs is 1. The average Bonchev–Trinajstić information content (AvgIpc) is 2.54. The number of halogens is 2. The van der Waals surface area contributed by atoms with Gasteiger partial charge in [-0.3, -0.25) is 0 Å². The Hall–Kier alpha value is -1.32. The first kappa shape index (κ1) is 11.8. The van der Waals surface area contributed by atoms with Crippen LogP contribution in [-0.4, -0.2) is 6.29 Å². The topological polar surface area (TPSA) is 18.5 Å². The Labute approximate surface area is 87.8 Å². The van der Waals surface area contributed by atoms with E-state index >= 15 is 0 Å². The number of rotatable bonds is 1. The number of alkyl halides is 2. The van der Waals surface area contributed by atoms with Gasteiger partial charge in [0.2, 0.25) is 0 Å². The highest BCUT2D eigenvalue weighted by Crippen LogP contribution is 2.43. The fraction of sp³-hybridized carbons (Fsp3) is 0.455. The maximum Gasteiger partial charge on any atom is 0.586 e. The number of benzene rings is 1. The SMILES string of the molecule is CC.CCc1cccc2c1OC(F)(F)O2. The van der Waals surface area contributed by atoms with Crippen molar-refractivity contribution in [3.05, 3.63) is 23.8 Å². The molecule has 0 bridgehead atoms. The van der Waals surface area contributed by atoms with Gasteiger partial charge >= 0.3 is 6.29 Å². The van der Waals surface area contributed by atoms with Gasteiger partial charge in [0.15, 0.2) is 11.5 Å². The molecule has 0 N–H and O–H groups in total. The molecule has 0 aliphatic carbocycles. The third-order valence-corrected chi connectivity index (χ3v) is 1.89. The van der Waals surface area contributed by atoms with Crippen molar-refractivity contribution >= 4 is 0 Å². The van der Waals surface area contributed by atoms with Crippen molar-refractivity contribution in [2.24, 2.45) is 0 Å². The first-order chi connectivity index (χ1) is 7.12. The van der Waals surface area contributed by atoms with Crippen LogP contribution in [0.25, 0.3) is 0 Å². The largest absolute Gasteiger partial charge is 0.586 e. The predicted octanol–water partition coefficient (Wildman–Crippen LogP) is 3.60. The lowest BCUT2D eigenvalue weighted by molar-refractivity contribution is -0.286. The summed E-state index contributed by atoms with van der Waals surface area (Å²) in [7, 11) is 0. The second kappa shape index (κ2) is 4.47. The molecule has 0 saturated carbocycles. The van der Waals surface area contributed by atoms with Gasteiger partial charge in [-0.05, 0) is 18.1 Å². The first-order valence-electron chi connectivity index (χ1n) is 5.00. The number of para-hydroxylation sites is 1. The summed E-state index contributed by atoms with van der Waals surface area (Å²) in [5, 5.41) is 0. The molecule has 1 aromatic carbocycles. The van der Waals surface area contributed by atoms with Crippen molar-refractivity contribution in [2.75, 3.05) is 0 Å². The normalized spacial score (nSPS) is 15.5. The minimum atomic E-state index is -3.51. The molecule has 0 aromatic heterocycles. The van der Waals surface area contributed by atoms with Gasteiger partial charge in [-0.15, -0.1) is 8.78 Å². The van der Waals surface area contributed by atoms with Crippen LogP contribution in [0.15, 0.2) is 18.2 Å². The molecule has 2 nitrogen and oxygen atoms in total. The van der Waals surface area contributed by atoms with E-state index in [9.17, 15) is 8.78 Å². The highest BCUT2D eigenvalue weighted by molar-refractivity contribution is 5.48. The fourth-order valence-corrected chi connectivity index (χ4v) is 1.30. The number of ether oxygens (including phenoxy) is 2. The van der Waals surface area contributed by atoms with Crippen LogP contribution in [0.5, 0.6) is 11.5 Å². The van der Waals surface area contributed by atoms with Crippen LogP contribution in [0.3, 0.4) is 0 Å². The smallest absolute Gasteiger partial charge is 0.395 e. The molecule has 4 heteroatoms. The summed E-state index contributed by atoms with van der Waals surface area (Å²) in [6.07, 6.45) is -2.86. The minimum absolute atomic E-state index is 0.115. The molecular weight excluding hydrogens is 202 g/mol. The summed E-state index contributed by atoms with van der Waals surface area (Å²) in [6.45, 7) is 5.87. The second-order valence-electron chi connectivity index (χ2n) is 2.77. The van der Waals surface area contributed by atoms with E-state index in [1.807, 2.05) is 20.8 Å². The molecule has 0 atom stereocenters. The van der Waals surface area contributed by atoms with Gasteiger partial charge in [-0.1, -0.05) is 32.9 Å². The zero-order valence-corrected chi connectivity index (χ0v) is 9.01. The van der Waals surface area contributed by atoms with Crippen LogP contribution in [0, 0.1) is 0 Å². The van der Waals surface area contributed by atoms with E-state index in [2.05, 4.69) is 9.47 Å². The van der Waals surface area contributed by atoms with Crippen molar-refractivity contribution < 1.29 is 18.3 Å². The summed E-state index contributed by atoms with van der Waals surface area (Å²) >= 11 is 0. The van der Waals surface area contributed by atoms with Crippen molar-refractivity contribution in [2.45, 2.75) is 33.5 Å². The monoisotopic (exact) mass is 216 g/mol. The Bertz CT molecular complexity index is 337. The van der Waals surface area contributed by atoms with Gasteiger partial charge in [0.1, 0.15) is 0 Å². The van der Waals surface area contributed by atoms with Crippen molar-refractivity contribution in [3.63, 3.8) is 0 Å². The molecule has 15 heavy (non-hydrogen) atoms. The molecule has 0 saturated heterocycles. The summed E-state index contributed by atoms with van der Waals surface area (Å²) in [6, 6.07) is 4.88. The van der Waals surface area contributed by atoms with Gasteiger partial charge in [-0.25, -0.2) is 0 Å². The van der Waals surface area contributed by atoms with Crippen LogP contribution in [0.1, 0.15) is 26.3 Å². The molecular formula is C11H14F2O2. The van der Waals surface area contributed by atoms with Gasteiger partial charge in [0.05, 0.1) is 0 Å². The number of aryl methyl sites for hydroxylation is 1. The molecule has 1 aromatic rings. The van der Waals surface area contributed by atoms with E-state index in [1.165, 1.54) is 6.07 Å². The second-order valence-corrected chi connectivity index (χ2v) is 2.77. The zero-order chi connectivity index (χ0) is 11.5. The summed E-state index contributed by atoms with van der Waals surface area (Å²) in [4.78, 5) is 0. The third kappa shape index (κ3) is 2.37. The average molecular weight is 216 g/mol.